The second-order valence-electron chi connectivity index (χ2n) is 9.13. The van der Waals surface area contributed by atoms with Gasteiger partial charge in [-0.3, -0.25) is 9.59 Å². The number of carbonyl (C=O) groups is 2. The Hall–Kier alpha value is -2.34. The van der Waals surface area contributed by atoms with Crippen LogP contribution < -0.4 is 10.2 Å². The lowest BCUT2D eigenvalue weighted by Crippen LogP contribution is -2.35. The molecule has 1 aliphatic carbocycles. The van der Waals surface area contributed by atoms with Gasteiger partial charge in [0.05, 0.1) is 6.42 Å². The van der Waals surface area contributed by atoms with E-state index in [1.165, 1.54) is 0 Å². The van der Waals surface area contributed by atoms with Gasteiger partial charge < -0.3 is 15.1 Å². The maximum atomic E-state index is 13.1. The first kappa shape index (κ1) is 23.3. The van der Waals surface area contributed by atoms with Crippen molar-refractivity contribution in [3.63, 3.8) is 0 Å². The van der Waals surface area contributed by atoms with Crippen molar-refractivity contribution >= 4 is 34.5 Å². The van der Waals surface area contributed by atoms with E-state index in [0.29, 0.717) is 25.4 Å². The first-order chi connectivity index (χ1) is 14.8. The molecule has 1 aromatic carbocycles. The summed E-state index contributed by atoms with van der Waals surface area (Å²) in [6, 6.07) is 10.0. The van der Waals surface area contributed by atoms with Gasteiger partial charge in [-0.15, -0.1) is 11.3 Å². The maximum Gasteiger partial charge on any atom is 0.228 e. The molecule has 0 aliphatic heterocycles. The summed E-state index contributed by atoms with van der Waals surface area (Å²) in [5, 5.41) is 5.12. The molecule has 2 aromatic rings. The summed E-state index contributed by atoms with van der Waals surface area (Å²) in [6.45, 7) is 5.51. The third-order valence-electron chi connectivity index (χ3n) is 5.76. The van der Waals surface area contributed by atoms with Crippen LogP contribution in [0, 0.1) is 11.8 Å². The molecule has 1 aliphatic rings. The Labute approximate surface area is 190 Å². The standard InChI is InChI=1S/C25H35N3O2S/c1-18(2)16-28(24(29)15-22-10-7-13-31-22)17-20-14-21(11-12-23(20)27(3)4)26-25(30)19-8-5-6-9-19/h7,10-14,18-19H,5-6,8-9,15-17H2,1-4H3,(H,26,30). The van der Waals surface area contributed by atoms with E-state index in [0.717, 1.165) is 47.5 Å². The number of nitrogens with one attached hydrogen (secondary N) is 1. The monoisotopic (exact) mass is 441 g/mol. The molecule has 2 amide bonds. The van der Waals surface area contributed by atoms with Crippen molar-refractivity contribution in [1.82, 2.24) is 4.90 Å². The molecule has 6 heteroatoms. The lowest BCUT2D eigenvalue weighted by atomic mass is 10.1. The summed E-state index contributed by atoms with van der Waals surface area (Å²) in [5.74, 6) is 0.761. The average Bonchev–Trinajstić information content (AvgIpc) is 3.41. The summed E-state index contributed by atoms with van der Waals surface area (Å²) in [4.78, 5) is 30.8. The Bertz CT molecular complexity index is 871. The Morgan fingerprint density at radius 1 is 1.16 bits per heavy atom. The third-order valence-corrected chi connectivity index (χ3v) is 6.64. The average molecular weight is 442 g/mol. The fraction of sp³-hybridized carbons (Fsp3) is 0.520. The van der Waals surface area contributed by atoms with E-state index in [1.807, 2.05) is 54.7 Å². The molecule has 31 heavy (non-hydrogen) atoms. The van der Waals surface area contributed by atoms with Gasteiger partial charge in [0, 0.05) is 49.4 Å². The Balaban J connectivity index is 1.80. The molecule has 3 rings (SSSR count). The molecule has 1 fully saturated rings. The molecule has 0 saturated heterocycles. The molecule has 0 unspecified atom stereocenters. The first-order valence-electron chi connectivity index (χ1n) is 11.2. The highest BCUT2D eigenvalue weighted by atomic mass is 32.1. The predicted molar refractivity (Wildman–Crippen MR) is 130 cm³/mol. The molecular formula is C25H35N3O2S. The maximum absolute atomic E-state index is 13.1. The van der Waals surface area contributed by atoms with E-state index in [4.69, 9.17) is 0 Å². The molecule has 1 saturated carbocycles. The molecule has 0 radical (unpaired) electrons. The van der Waals surface area contributed by atoms with Crippen LogP contribution in [0.2, 0.25) is 0 Å². The van der Waals surface area contributed by atoms with Crippen LogP contribution in [0.1, 0.15) is 50.0 Å². The Kier molecular flexibility index (Phi) is 8.13. The van der Waals surface area contributed by atoms with E-state index in [9.17, 15) is 9.59 Å². The number of carbonyl (C=O) groups excluding carboxylic acids is 2. The van der Waals surface area contributed by atoms with Crippen molar-refractivity contribution in [1.29, 1.82) is 0 Å². The molecular weight excluding hydrogens is 406 g/mol. The molecule has 168 valence electrons. The van der Waals surface area contributed by atoms with Crippen molar-refractivity contribution in [2.45, 2.75) is 52.5 Å². The van der Waals surface area contributed by atoms with Gasteiger partial charge in [-0.1, -0.05) is 32.8 Å². The van der Waals surface area contributed by atoms with Crippen LogP contribution in [-0.2, 0) is 22.6 Å². The van der Waals surface area contributed by atoms with Crippen LogP contribution in [-0.4, -0.2) is 37.4 Å². The van der Waals surface area contributed by atoms with Gasteiger partial charge in [0.15, 0.2) is 0 Å². The predicted octanol–water partition coefficient (Wildman–Crippen LogP) is 5.17. The van der Waals surface area contributed by atoms with Gasteiger partial charge in [-0.25, -0.2) is 0 Å². The van der Waals surface area contributed by atoms with Crippen LogP contribution in [0.25, 0.3) is 0 Å². The SMILES string of the molecule is CC(C)CN(Cc1cc(NC(=O)C2CCCC2)ccc1N(C)C)C(=O)Cc1cccs1. The number of hydrogen-bond donors (Lipinski definition) is 1. The zero-order valence-electron chi connectivity index (χ0n) is 19.2. The van der Waals surface area contributed by atoms with Crippen LogP contribution >= 0.6 is 11.3 Å². The third kappa shape index (κ3) is 6.57. The van der Waals surface area contributed by atoms with Crippen molar-refractivity contribution in [2.24, 2.45) is 11.8 Å². The minimum absolute atomic E-state index is 0.119. The van der Waals surface area contributed by atoms with Crippen molar-refractivity contribution in [3.8, 4) is 0 Å². The summed E-state index contributed by atoms with van der Waals surface area (Å²) in [6.07, 6.45) is 4.67. The van der Waals surface area contributed by atoms with Gasteiger partial charge in [0.1, 0.15) is 0 Å². The van der Waals surface area contributed by atoms with E-state index in [-0.39, 0.29) is 17.7 Å². The number of thiophene rings is 1. The number of anilines is 2. The minimum atomic E-state index is 0.119. The molecule has 1 N–H and O–H groups in total. The highest BCUT2D eigenvalue weighted by Crippen LogP contribution is 2.28. The van der Waals surface area contributed by atoms with E-state index in [1.54, 1.807) is 11.3 Å². The van der Waals surface area contributed by atoms with E-state index in [2.05, 4.69) is 24.1 Å². The second-order valence-corrected chi connectivity index (χ2v) is 10.2. The van der Waals surface area contributed by atoms with Crippen LogP contribution in [0.4, 0.5) is 11.4 Å². The zero-order chi connectivity index (χ0) is 22.4. The van der Waals surface area contributed by atoms with Crippen LogP contribution in [0.3, 0.4) is 0 Å². The van der Waals surface area contributed by atoms with Crippen LogP contribution in [0.15, 0.2) is 35.7 Å². The zero-order valence-corrected chi connectivity index (χ0v) is 20.0. The van der Waals surface area contributed by atoms with Gasteiger partial charge in [0.2, 0.25) is 11.8 Å². The van der Waals surface area contributed by atoms with Crippen molar-refractivity contribution in [3.05, 3.63) is 46.2 Å². The summed E-state index contributed by atoms with van der Waals surface area (Å²) >= 11 is 1.62. The van der Waals surface area contributed by atoms with Crippen molar-refractivity contribution < 1.29 is 9.59 Å². The first-order valence-corrected chi connectivity index (χ1v) is 12.1. The number of rotatable bonds is 9. The van der Waals surface area contributed by atoms with E-state index < -0.39 is 0 Å². The molecule has 0 atom stereocenters. The molecule has 0 spiro atoms. The van der Waals surface area contributed by atoms with Gasteiger partial charge in [-0.2, -0.15) is 0 Å². The summed E-state index contributed by atoms with van der Waals surface area (Å²) in [5.41, 5.74) is 2.93. The molecule has 0 bridgehead atoms. The van der Waals surface area contributed by atoms with Gasteiger partial charge in [-0.05, 0) is 54.0 Å². The van der Waals surface area contributed by atoms with E-state index >= 15 is 0 Å². The normalized spacial score (nSPS) is 14.1. The fourth-order valence-electron chi connectivity index (χ4n) is 4.23. The van der Waals surface area contributed by atoms with Gasteiger partial charge in [0.25, 0.3) is 0 Å². The van der Waals surface area contributed by atoms with Crippen molar-refractivity contribution in [2.75, 3.05) is 30.9 Å². The highest BCUT2D eigenvalue weighted by Gasteiger charge is 2.23. The summed E-state index contributed by atoms with van der Waals surface area (Å²) in [7, 11) is 4.02. The topological polar surface area (TPSA) is 52.7 Å². The fourth-order valence-corrected chi connectivity index (χ4v) is 4.93. The number of nitrogens with zero attached hydrogens (tertiary/aromatic N) is 2. The lowest BCUT2D eigenvalue weighted by molar-refractivity contribution is -0.131. The highest BCUT2D eigenvalue weighted by molar-refractivity contribution is 7.10. The second kappa shape index (κ2) is 10.8. The quantitative estimate of drug-likeness (QED) is 0.584. The molecule has 1 aromatic heterocycles. The van der Waals surface area contributed by atoms with Crippen LogP contribution in [0.5, 0.6) is 0 Å². The largest absolute Gasteiger partial charge is 0.377 e. The molecule has 1 heterocycles. The Morgan fingerprint density at radius 2 is 1.90 bits per heavy atom. The Morgan fingerprint density at radius 3 is 2.52 bits per heavy atom. The number of amides is 2. The van der Waals surface area contributed by atoms with Gasteiger partial charge >= 0.3 is 0 Å². The lowest BCUT2D eigenvalue weighted by Gasteiger charge is -2.27. The number of benzene rings is 1. The smallest absolute Gasteiger partial charge is 0.228 e. The summed E-state index contributed by atoms with van der Waals surface area (Å²) < 4.78 is 0. The number of hydrogen-bond acceptors (Lipinski definition) is 4. The molecule has 5 nitrogen and oxygen atoms in total. The minimum Gasteiger partial charge on any atom is -0.377 e.